The molecule has 0 saturated heterocycles. The average molecular weight is 470 g/mol. The monoisotopic (exact) mass is 469 g/mol. The second kappa shape index (κ2) is 9.74. The fraction of sp³-hybridized carbons (Fsp3) is 0.276. The lowest BCUT2D eigenvalue weighted by atomic mass is 9.86. The molecule has 1 amide bonds. The fourth-order valence-electron chi connectivity index (χ4n) is 4.61. The maximum absolute atomic E-state index is 12.7. The Morgan fingerprint density at radius 2 is 1.89 bits per heavy atom. The summed E-state index contributed by atoms with van der Waals surface area (Å²) in [7, 11) is 3.38. The van der Waals surface area contributed by atoms with Crippen LogP contribution in [0.5, 0.6) is 5.75 Å². The van der Waals surface area contributed by atoms with E-state index in [1.807, 2.05) is 63.4 Å². The molecule has 180 valence electrons. The zero-order valence-corrected chi connectivity index (χ0v) is 20.9. The van der Waals surface area contributed by atoms with E-state index in [9.17, 15) is 9.59 Å². The number of fused-ring (bicyclic) bond motifs is 3. The van der Waals surface area contributed by atoms with E-state index in [-0.39, 0.29) is 17.9 Å². The van der Waals surface area contributed by atoms with Crippen molar-refractivity contribution in [3.05, 3.63) is 93.4 Å². The number of rotatable bonds is 6. The molecule has 2 aromatic carbocycles. The summed E-state index contributed by atoms with van der Waals surface area (Å²) >= 11 is 0. The number of hydrogen-bond donors (Lipinski definition) is 1. The molecule has 1 aliphatic rings. The molecule has 0 bridgehead atoms. The molecule has 1 atom stereocenters. The molecule has 4 rings (SSSR count). The molecule has 1 aliphatic heterocycles. The molecular weight excluding hydrogens is 438 g/mol. The van der Waals surface area contributed by atoms with Gasteiger partial charge < -0.3 is 14.6 Å². The largest absolute Gasteiger partial charge is 0.496 e. The summed E-state index contributed by atoms with van der Waals surface area (Å²) in [5.41, 5.74) is 7.78. The molecular formula is C29H31N3O3. The SMILES string of the molecule is C=C(C)c1c(OC)ccc2c1C(c1ccc(C)cc1)=N[C@@H](CC(=O)NCC)c1cc(=O)n(C)cc1-2. The van der Waals surface area contributed by atoms with Crippen molar-refractivity contribution in [1.29, 1.82) is 0 Å². The molecule has 1 aromatic heterocycles. The summed E-state index contributed by atoms with van der Waals surface area (Å²) in [4.78, 5) is 30.6. The minimum atomic E-state index is -0.530. The highest BCUT2D eigenvalue weighted by atomic mass is 16.5. The van der Waals surface area contributed by atoms with E-state index < -0.39 is 6.04 Å². The number of allylic oxidation sites excluding steroid dienone is 1. The molecule has 3 aromatic rings. The van der Waals surface area contributed by atoms with Crippen LogP contribution in [-0.4, -0.2) is 29.8 Å². The quantitative estimate of drug-likeness (QED) is 0.563. The average Bonchev–Trinajstić information content (AvgIpc) is 2.94. The van der Waals surface area contributed by atoms with Crippen molar-refractivity contribution in [2.24, 2.45) is 12.0 Å². The molecule has 6 nitrogen and oxygen atoms in total. The first-order valence-electron chi connectivity index (χ1n) is 11.7. The third-order valence-electron chi connectivity index (χ3n) is 6.32. The first kappa shape index (κ1) is 24.2. The predicted octanol–water partition coefficient (Wildman–Crippen LogP) is 4.82. The summed E-state index contributed by atoms with van der Waals surface area (Å²) in [5.74, 6) is 0.587. The summed E-state index contributed by atoms with van der Waals surface area (Å²) in [6, 6.07) is 13.2. The van der Waals surface area contributed by atoms with Crippen molar-refractivity contribution >= 4 is 17.2 Å². The van der Waals surface area contributed by atoms with Crippen molar-refractivity contribution in [2.75, 3.05) is 13.7 Å². The summed E-state index contributed by atoms with van der Waals surface area (Å²) in [5, 5.41) is 2.88. The molecule has 2 heterocycles. The lowest BCUT2D eigenvalue weighted by molar-refractivity contribution is -0.121. The van der Waals surface area contributed by atoms with Gasteiger partial charge in [0.25, 0.3) is 5.56 Å². The normalized spacial score (nSPS) is 14.3. The van der Waals surface area contributed by atoms with Crippen molar-refractivity contribution < 1.29 is 9.53 Å². The maximum Gasteiger partial charge on any atom is 0.250 e. The van der Waals surface area contributed by atoms with Crippen LogP contribution in [0, 0.1) is 6.92 Å². The zero-order valence-electron chi connectivity index (χ0n) is 20.9. The number of amides is 1. The van der Waals surface area contributed by atoms with Crippen LogP contribution in [-0.2, 0) is 11.8 Å². The molecule has 0 saturated carbocycles. The van der Waals surface area contributed by atoms with E-state index in [1.54, 1.807) is 24.8 Å². The predicted molar refractivity (Wildman–Crippen MR) is 141 cm³/mol. The number of aryl methyl sites for hydroxylation is 2. The summed E-state index contributed by atoms with van der Waals surface area (Å²) < 4.78 is 7.30. The van der Waals surface area contributed by atoms with Gasteiger partial charge in [0.15, 0.2) is 0 Å². The molecule has 1 N–H and O–H groups in total. The number of carbonyl (C=O) groups excluding carboxylic acids is 1. The Bertz CT molecular complexity index is 1400. The van der Waals surface area contributed by atoms with Gasteiger partial charge in [-0.25, -0.2) is 0 Å². The first-order chi connectivity index (χ1) is 16.7. The number of aromatic nitrogens is 1. The van der Waals surface area contributed by atoms with Crippen LogP contribution in [0.25, 0.3) is 16.7 Å². The van der Waals surface area contributed by atoms with E-state index in [2.05, 4.69) is 11.9 Å². The lowest BCUT2D eigenvalue weighted by Crippen LogP contribution is -2.25. The number of nitrogens with zero attached hydrogens (tertiary/aromatic N) is 2. The van der Waals surface area contributed by atoms with E-state index >= 15 is 0 Å². The van der Waals surface area contributed by atoms with Gasteiger partial charge in [-0.2, -0.15) is 0 Å². The Morgan fingerprint density at radius 1 is 1.17 bits per heavy atom. The van der Waals surface area contributed by atoms with Crippen molar-refractivity contribution in [3.8, 4) is 16.9 Å². The molecule has 0 radical (unpaired) electrons. The third kappa shape index (κ3) is 4.56. The van der Waals surface area contributed by atoms with E-state index in [0.717, 1.165) is 50.2 Å². The van der Waals surface area contributed by atoms with E-state index in [1.165, 1.54) is 0 Å². The number of pyridine rings is 1. The van der Waals surface area contributed by atoms with Crippen LogP contribution < -0.4 is 15.6 Å². The number of benzene rings is 2. The Kier molecular flexibility index (Phi) is 6.74. The van der Waals surface area contributed by atoms with Crippen LogP contribution in [0.3, 0.4) is 0 Å². The Hall–Kier alpha value is -3.93. The van der Waals surface area contributed by atoms with Crippen molar-refractivity contribution in [2.45, 2.75) is 33.2 Å². The van der Waals surface area contributed by atoms with Gasteiger partial charge in [-0.3, -0.25) is 14.6 Å². The van der Waals surface area contributed by atoms with Crippen molar-refractivity contribution in [1.82, 2.24) is 9.88 Å². The summed E-state index contributed by atoms with van der Waals surface area (Å²) in [6.45, 7) is 10.6. The van der Waals surface area contributed by atoms with Crippen LogP contribution >= 0.6 is 0 Å². The zero-order chi connectivity index (χ0) is 25.3. The van der Waals surface area contributed by atoms with Crippen LogP contribution in [0.2, 0.25) is 0 Å². The molecule has 6 heteroatoms. The number of methoxy groups -OCH3 is 1. The standard InChI is InChI=1S/C29H31N3O3/c1-7-30-25(33)15-23-21-14-26(34)32(5)16-22(21)20-12-13-24(35-6)27(17(2)3)28(20)29(31-23)19-10-8-18(4)9-11-19/h8-14,16,23H,2,7,15H2,1,3-6H3,(H,30,33)/t23-/m0/s1. The highest BCUT2D eigenvalue weighted by Gasteiger charge is 2.30. The summed E-state index contributed by atoms with van der Waals surface area (Å²) in [6.07, 6.45) is 1.97. The molecule has 0 unspecified atom stereocenters. The number of hydrogen-bond acceptors (Lipinski definition) is 4. The lowest BCUT2D eigenvalue weighted by Gasteiger charge is -2.19. The van der Waals surface area contributed by atoms with E-state index in [0.29, 0.717) is 12.3 Å². The second-order valence-corrected chi connectivity index (χ2v) is 8.95. The van der Waals surface area contributed by atoms with Gasteiger partial charge in [0.1, 0.15) is 5.75 Å². The van der Waals surface area contributed by atoms with Crippen LogP contribution in [0.1, 0.15) is 54.1 Å². The molecule has 35 heavy (non-hydrogen) atoms. The number of ether oxygens (including phenoxy) is 1. The van der Waals surface area contributed by atoms with Crippen molar-refractivity contribution in [3.63, 3.8) is 0 Å². The molecule has 0 spiro atoms. The Labute approximate surface area is 206 Å². The highest BCUT2D eigenvalue weighted by molar-refractivity contribution is 6.20. The number of nitrogens with one attached hydrogen (secondary N) is 1. The number of carbonyl (C=O) groups is 1. The van der Waals surface area contributed by atoms with Gasteiger partial charge in [0.2, 0.25) is 5.91 Å². The van der Waals surface area contributed by atoms with Gasteiger partial charge in [-0.15, -0.1) is 0 Å². The highest BCUT2D eigenvalue weighted by Crippen LogP contribution is 2.43. The van der Waals surface area contributed by atoms with Crippen LogP contribution in [0.15, 0.2) is 65.0 Å². The Balaban J connectivity index is 2.13. The topological polar surface area (TPSA) is 72.7 Å². The second-order valence-electron chi connectivity index (χ2n) is 8.95. The van der Waals surface area contributed by atoms with Crippen LogP contribution in [0.4, 0.5) is 0 Å². The van der Waals surface area contributed by atoms with Gasteiger partial charge in [-0.1, -0.05) is 36.4 Å². The minimum Gasteiger partial charge on any atom is -0.496 e. The fourth-order valence-corrected chi connectivity index (χ4v) is 4.61. The molecule has 0 aliphatic carbocycles. The smallest absolute Gasteiger partial charge is 0.250 e. The maximum atomic E-state index is 12.7. The first-order valence-corrected chi connectivity index (χ1v) is 11.7. The van der Waals surface area contributed by atoms with E-state index in [4.69, 9.17) is 9.73 Å². The third-order valence-corrected chi connectivity index (χ3v) is 6.32. The molecule has 0 fully saturated rings. The van der Waals surface area contributed by atoms with Gasteiger partial charge in [0, 0.05) is 48.1 Å². The number of aliphatic imine (C=N–C) groups is 1. The van der Waals surface area contributed by atoms with Gasteiger partial charge in [-0.05, 0) is 49.6 Å². The van der Waals surface area contributed by atoms with Gasteiger partial charge in [0.05, 0.1) is 25.3 Å². The Morgan fingerprint density at radius 3 is 2.51 bits per heavy atom. The van der Waals surface area contributed by atoms with Gasteiger partial charge >= 0.3 is 0 Å². The minimum absolute atomic E-state index is 0.111.